The van der Waals surface area contributed by atoms with E-state index >= 15 is 0 Å². The molecule has 2 aromatic heterocycles. The van der Waals surface area contributed by atoms with E-state index in [1.807, 2.05) is 4.90 Å². The van der Waals surface area contributed by atoms with E-state index in [9.17, 15) is 13.4 Å². The molecule has 0 aliphatic rings. The zero-order valence-electron chi connectivity index (χ0n) is 18.1. The predicted molar refractivity (Wildman–Crippen MR) is 133 cm³/mol. The fourth-order valence-electron chi connectivity index (χ4n) is 3.17. The van der Waals surface area contributed by atoms with Crippen LogP contribution in [0, 0.1) is 24.1 Å². The molecule has 2 aromatic carbocycles. The van der Waals surface area contributed by atoms with Crippen LogP contribution in [0.5, 0.6) is 0 Å². The summed E-state index contributed by atoms with van der Waals surface area (Å²) in [6.07, 6.45) is 3.07. The van der Waals surface area contributed by atoms with Crippen molar-refractivity contribution < 1.29 is 13.4 Å². The van der Waals surface area contributed by atoms with Crippen LogP contribution in [-0.2, 0) is 17.5 Å². The Balaban J connectivity index is 1.70. The van der Waals surface area contributed by atoms with Gasteiger partial charge in [-0.1, -0.05) is 12.1 Å². The molecular weight excluding hydrogens is 493 g/mol. The Hall–Kier alpha value is -3.46. The topological polar surface area (TPSA) is 99.0 Å². The standard InChI is InChI=1S/C23H18FN5O2S3/c1-14-20(21(30)28-34(2)31)27-23(32-14)29(16-9-7-15(11-25)8-10-16)13-17-12-26-22(33-17)18-5-3-4-6-19(18)24/h3-10,12H,13H2,1-2H3,(H,28,30). The third kappa shape index (κ3) is 5.20. The SMILES string of the molecule is Cc1sc(N(Cc2cnc(-c3ccccc3F)s2)c2ccc(C#N)cc2)nc1C(=O)NS(C)=O. The van der Waals surface area contributed by atoms with Gasteiger partial charge < -0.3 is 4.90 Å². The van der Waals surface area contributed by atoms with Crippen molar-refractivity contribution in [3.8, 4) is 16.6 Å². The number of aryl methyl sites for hydroxylation is 1. The van der Waals surface area contributed by atoms with Gasteiger partial charge in [0.2, 0.25) is 0 Å². The molecule has 1 N–H and O–H groups in total. The van der Waals surface area contributed by atoms with Crippen molar-refractivity contribution in [2.24, 2.45) is 0 Å². The number of hydrogen-bond acceptors (Lipinski definition) is 8. The normalized spacial score (nSPS) is 11.6. The minimum Gasteiger partial charge on any atom is -0.313 e. The molecule has 0 saturated heterocycles. The average Bonchev–Trinajstić information content (AvgIpc) is 3.44. The summed E-state index contributed by atoms with van der Waals surface area (Å²) in [7, 11) is -1.51. The van der Waals surface area contributed by atoms with Crippen LogP contribution in [0.4, 0.5) is 15.2 Å². The zero-order chi connectivity index (χ0) is 24.2. The summed E-state index contributed by atoms with van der Waals surface area (Å²) in [6.45, 7) is 2.14. The van der Waals surface area contributed by atoms with Crippen LogP contribution in [0.1, 0.15) is 25.8 Å². The first-order chi connectivity index (χ1) is 16.4. The molecule has 0 radical (unpaired) electrons. The molecule has 2 heterocycles. The number of aromatic nitrogens is 2. The molecule has 0 saturated carbocycles. The number of carbonyl (C=O) groups is 1. The molecular formula is C23H18FN5O2S3. The van der Waals surface area contributed by atoms with Gasteiger partial charge >= 0.3 is 0 Å². The molecule has 1 unspecified atom stereocenters. The van der Waals surface area contributed by atoms with Crippen LogP contribution in [0.25, 0.3) is 10.6 Å². The summed E-state index contributed by atoms with van der Waals surface area (Å²) >= 11 is 2.69. The summed E-state index contributed by atoms with van der Waals surface area (Å²) in [5.41, 5.74) is 1.91. The van der Waals surface area contributed by atoms with Crippen LogP contribution in [0.3, 0.4) is 0 Å². The van der Waals surface area contributed by atoms with E-state index in [-0.39, 0.29) is 11.5 Å². The Bertz CT molecular complexity index is 1410. The second-order valence-electron chi connectivity index (χ2n) is 7.14. The number of rotatable bonds is 7. The van der Waals surface area contributed by atoms with Crippen molar-refractivity contribution in [2.45, 2.75) is 13.5 Å². The molecule has 1 atom stereocenters. The van der Waals surface area contributed by atoms with E-state index < -0.39 is 16.9 Å². The van der Waals surface area contributed by atoms with E-state index in [1.165, 1.54) is 35.0 Å². The molecule has 34 heavy (non-hydrogen) atoms. The van der Waals surface area contributed by atoms with Crippen LogP contribution >= 0.6 is 22.7 Å². The average molecular weight is 512 g/mol. The summed E-state index contributed by atoms with van der Waals surface area (Å²) in [5.74, 6) is -0.855. The summed E-state index contributed by atoms with van der Waals surface area (Å²) < 4.78 is 28.0. The number of anilines is 2. The minimum absolute atomic E-state index is 0.199. The molecule has 172 valence electrons. The molecule has 4 aromatic rings. The number of nitrogens with zero attached hydrogens (tertiary/aromatic N) is 4. The molecule has 7 nitrogen and oxygen atoms in total. The van der Waals surface area contributed by atoms with E-state index in [0.717, 1.165) is 10.6 Å². The third-order valence-corrected chi connectivity index (χ3v) is 7.23. The maximum atomic E-state index is 14.2. The van der Waals surface area contributed by atoms with Crippen molar-refractivity contribution in [3.63, 3.8) is 0 Å². The van der Waals surface area contributed by atoms with Gasteiger partial charge in [-0.15, -0.1) is 22.7 Å². The lowest BCUT2D eigenvalue weighted by molar-refractivity contribution is 0.0978. The highest BCUT2D eigenvalue weighted by atomic mass is 32.2. The fourth-order valence-corrected chi connectivity index (χ4v) is 5.38. The number of amides is 1. The number of hydrogen-bond donors (Lipinski definition) is 1. The Morgan fingerprint density at radius 2 is 1.94 bits per heavy atom. The van der Waals surface area contributed by atoms with Gasteiger partial charge in [0.05, 0.1) is 18.2 Å². The number of thiazole rings is 2. The monoisotopic (exact) mass is 511 g/mol. The van der Waals surface area contributed by atoms with Crippen molar-refractivity contribution in [1.29, 1.82) is 5.26 Å². The lowest BCUT2D eigenvalue weighted by Crippen LogP contribution is -2.25. The smallest absolute Gasteiger partial charge is 0.282 e. The van der Waals surface area contributed by atoms with Gasteiger partial charge in [0.15, 0.2) is 5.13 Å². The van der Waals surface area contributed by atoms with Gasteiger partial charge in [-0.25, -0.2) is 18.6 Å². The van der Waals surface area contributed by atoms with Gasteiger partial charge in [-0.05, 0) is 43.3 Å². The highest BCUT2D eigenvalue weighted by Gasteiger charge is 2.22. The summed E-state index contributed by atoms with van der Waals surface area (Å²) in [4.78, 5) is 24.8. The highest BCUT2D eigenvalue weighted by molar-refractivity contribution is 7.82. The van der Waals surface area contributed by atoms with Crippen LogP contribution in [0.15, 0.2) is 54.7 Å². The number of nitriles is 1. The first-order valence-electron chi connectivity index (χ1n) is 9.95. The zero-order valence-corrected chi connectivity index (χ0v) is 20.6. The Morgan fingerprint density at radius 1 is 1.21 bits per heavy atom. The minimum atomic E-state index is -1.51. The van der Waals surface area contributed by atoms with E-state index in [2.05, 4.69) is 20.8 Å². The number of halogens is 1. The maximum Gasteiger partial charge on any atom is 0.282 e. The highest BCUT2D eigenvalue weighted by Crippen LogP contribution is 2.35. The van der Waals surface area contributed by atoms with Gasteiger partial charge in [-0.3, -0.25) is 9.52 Å². The number of carbonyl (C=O) groups excluding carboxylic acids is 1. The first kappa shape index (κ1) is 23.7. The largest absolute Gasteiger partial charge is 0.313 e. The molecule has 0 spiro atoms. The van der Waals surface area contributed by atoms with Crippen LogP contribution in [0.2, 0.25) is 0 Å². The van der Waals surface area contributed by atoms with Crippen LogP contribution < -0.4 is 9.62 Å². The van der Waals surface area contributed by atoms with Crippen molar-refractivity contribution in [2.75, 3.05) is 11.2 Å². The van der Waals surface area contributed by atoms with Crippen LogP contribution in [-0.4, -0.2) is 26.3 Å². The van der Waals surface area contributed by atoms with Gasteiger partial charge in [0.1, 0.15) is 27.5 Å². The second-order valence-corrected chi connectivity index (χ2v) is 10.6. The van der Waals surface area contributed by atoms with Crippen molar-refractivity contribution in [3.05, 3.63) is 81.6 Å². The molecule has 0 fully saturated rings. The van der Waals surface area contributed by atoms with Gasteiger partial charge in [0, 0.05) is 33.5 Å². The van der Waals surface area contributed by atoms with E-state index in [0.29, 0.717) is 32.7 Å². The molecule has 0 aliphatic carbocycles. The Kier molecular flexibility index (Phi) is 7.12. The van der Waals surface area contributed by atoms with E-state index in [4.69, 9.17) is 5.26 Å². The molecule has 0 aliphatic heterocycles. The summed E-state index contributed by atoms with van der Waals surface area (Å²) in [6, 6.07) is 15.6. The number of nitrogens with one attached hydrogen (secondary N) is 1. The maximum absolute atomic E-state index is 14.2. The fraction of sp³-hybridized carbons (Fsp3) is 0.130. The lowest BCUT2D eigenvalue weighted by atomic mass is 10.2. The van der Waals surface area contributed by atoms with Crippen molar-refractivity contribution >= 4 is 50.4 Å². The summed E-state index contributed by atoms with van der Waals surface area (Å²) in [5, 5.41) is 10.3. The van der Waals surface area contributed by atoms with E-state index in [1.54, 1.807) is 55.6 Å². The molecule has 0 bridgehead atoms. The molecule has 4 rings (SSSR count). The first-order valence-corrected chi connectivity index (χ1v) is 13.1. The Morgan fingerprint density at radius 3 is 2.62 bits per heavy atom. The lowest BCUT2D eigenvalue weighted by Gasteiger charge is -2.21. The quantitative estimate of drug-likeness (QED) is 0.377. The Labute approximate surface area is 206 Å². The molecule has 1 amide bonds. The van der Waals surface area contributed by atoms with Gasteiger partial charge in [0.25, 0.3) is 5.91 Å². The predicted octanol–water partition coefficient (Wildman–Crippen LogP) is 4.95. The second kappa shape index (κ2) is 10.2. The number of benzene rings is 2. The molecule has 11 heteroatoms. The third-order valence-electron chi connectivity index (χ3n) is 4.75. The van der Waals surface area contributed by atoms with Gasteiger partial charge in [-0.2, -0.15) is 5.26 Å². The van der Waals surface area contributed by atoms with Crippen molar-refractivity contribution in [1.82, 2.24) is 14.7 Å².